The fraction of sp³-hybridized carbons (Fsp3) is 0.278. The molecule has 2 rings (SSSR count). The van der Waals surface area contributed by atoms with Gasteiger partial charge in [0, 0.05) is 10.7 Å². The van der Waals surface area contributed by atoms with E-state index in [9.17, 15) is 4.79 Å². The number of esters is 1. The first kappa shape index (κ1) is 16.4. The van der Waals surface area contributed by atoms with Crippen LogP contribution in [-0.4, -0.2) is 18.6 Å². The molecule has 1 N–H and O–H groups in total. The summed E-state index contributed by atoms with van der Waals surface area (Å²) in [6.07, 6.45) is 1.48. The minimum Gasteiger partial charge on any atom is -0.464 e. The van der Waals surface area contributed by atoms with Crippen LogP contribution in [0.25, 0.3) is 0 Å². The third-order valence-corrected chi connectivity index (χ3v) is 3.57. The van der Waals surface area contributed by atoms with Crippen LogP contribution in [0, 0.1) is 0 Å². The van der Waals surface area contributed by atoms with Gasteiger partial charge in [0.15, 0.2) is 0 Å². The Morgan fingerprint density at radius 1 is 1.14 bits per heavy atom. The van der Waals surface area contributed by atoms with Gasteiger partial charge in [0.25, 0.3) is 0 Å². The second-order valence-corrected chi connectivity index (χ2v) is 5.42. The molecule has 2 aromatic rings. The quantitative estimate of drug-likeness (QED) is 0.773. The first-order valence-corrected chi connectivity index (χ1v) is 7.79. The second kappa shape index (κ2) is 8.44. The Kier molecular flexibility index (Phi) is 6.28. The van der Waals surface area contributed by atoms with Gasteiger partial charge in [-0.2, -0.15) is 0 Å². The van der Waals surface area contributed by atoms with Crippen LogP contribution in [0.1, 0.15) is 18.9 Å². The van der Waals surface area contributed by atoms with Crippen molar-refractivity contribution in [2.24, 2.45) is 0 Å². The number of ether oxygens (including phenoxy) is 1. The van der Waals surface area contributed by atoms with Crippen LogP contribution in [0.3, 0.4) is 0 Å². The van der Waals surface area contributed by atoms with Crippen molar-refractivity contribution < 1.29 is 9.53 Å². The third kappa shape index (κ3) is 5.08. The minimum absolute atomic E-state index is 0.228. The smallest absolute Gasteiger partial charge is 0.328 e. The predicted molar refractivity (Wildman–Crippen MR) is 90.3 cm³/mol. The van der Waals surface area contributed by atoms with Gasteiger partial charge in [0.2, 0.25) is 0 Å². The monoisotopic (exact) mass is 317 g/mol. The molecule has 0 amide bonds. The van der Waals surface area contributed by atoms with E-state index in [1.807, 2.05) is 37.3 Å². The molecule has 1 atom stereocenters. The molecule has 1 unspecified atom stereocenters. The highest BCUT2D eigenvalue weighted by molar-refractivity contribution is 6.30. The number of rotatable bonds is 7. The van der Waals surface area contributed by atoms with Crippen molar-refractivity contribution in [3.05, 3.63) is 65.2 Å². The zero-order valence-electron chi connectivity index (χ0n) is 12.6. The molecule has 2 aromatic carbocycles. The number of hydrogen-bond donors (Lipinski definition) is 1. The molecule has 22 heavy (non-hydrogen) atoms. The molecule has 0 aliphatic rings. The molecule has 116 valence electrons. The highest BCUT2D eigenvalue weighted by Crippen LogP contribution is 2.16. The van der Waals surface area contributed by atoms with Crippen LogP contribution < -0.4 is 5.32 Å². The van der Waals surface area contributed by atoms with E-state index in [2.05, 4.69) is 17.4 Å². The minimum atomic E-state index is -0.374. The van der Waals surface area contributed by atoms with Crippen LogP contribution in [-0.2, 0) is 16.0 Å². The summed E-state index contributed by atoms with van der Waals surface area (Å²) in [5, 5.41) is 3.90. The molecule has 0 spiro atoms. The molecule has 0 fully saturated rings. The van der Waals surface area contributed by atoms with Crippen molar-refractivity contribution in [2.45, 2.75) is 25.8 Å². The van der Waals surface area contributed by atoms with Gasteiger partial charge in [0.1, 0.15) is 6.04 Å². The van der Waals surface area contributed by atoms with Gasteiger partial charge in [-0.1, -0.05) is 41.9 Å². The molecule has 0 aromatic heterocycles. The Bertz CT molecular complexity index is 584. The Morgan fingerprint density at radius 3 is 2.45 bits per heavy atom. The maximum Gasteiger partial charge on any atom is 0.328 e. The summed E-state index contributed by atoms with van der Waals surface area (Å²) in [6.45, 7) is 2.19. The lowest BCUT2D eigenvalue weighted by Crippen LogP contribution is -2.32. The first-order chi connectivity index (χ1) is 10.7. The molecule has 0 bridgehead atoms. The van der Waals surface area contributed by atoms with Gasteiger partial charge in [-0.05, 0) is 49.6 Å². The maximum absolute atomic E-state index is 12.1. The zero-order valence-corrected chi connectivity index (χ0v) is 13.3. The lowest BCUT2D eigenvalue weighted by molar-refractivity contribution is -0.144. The summed E-state index contributed by atoms with van der Waals surface area (Å²) in [7, 11) is 0. The van der Waals surface area contributed by atoms with Gasteiger partial charge in [-0.3, -0.25) is 0 Å². The molecule has 0 aliphatic heterocycles. The Balaban J connectivity index is 2.02. The standard InChI is InChI=1S/C18H20ClNO2/c1-2-22-18(21)17(13-8-14-6-4-3-5-7-14)20-16-11-9-15(19)10-12-16/h3-7,9-12,17,20H,2,8,13H2,1H3. The van der Waals surface area contributed by atoms with Gasteiger partial charge in [-0.25, -0.2) is 4.79 Å². The van der Waals surface area contributed by atoms with Crippen molar-refractivity contribution in [3.8, 4) is 0 Å². The van der Waals surface area contributed by atoms with Crippen molar-refractivity contribution in [1.82, 2.24) is 0 Å². The van der Waals surface area contributed by atoms with Crippen molar-refractivity contribution in [3.63, 3.8) is 0 Å². The number of halogens is 1. The van der Waals surface area contributed by atoms with Crippen LogP contribution in [0.2, 0.25) is 5.02 Å². The zero-order chi connectivity index (χ0) is 15.8. The van der Waals surface area contributed by atoms with E-state index in [0.717, 1.165) is 12.1 Å². The summed E-state index contributed by atoms with van der Waals surface area (Å²) >= 11 is 5.88. The molecule has 4 heteroatoms. The van der Waals surface area contributed by atoms with Crippen LogP contribution in [0.4, 0.5) is 5.69 Å². The number of anilines is 1. The highest BCUT2D eigenvalue weighted by Gasteiger charge is 2.19. The fourth-order valence-electron chi connectivity index (χ4n) is 2.19. The Morgan fingerprint density at radius 2 is 1.82 bits per heavy atom. The Labute approximate surface area is 136 Å². The van der Waals surface area contributed by atoms with Crippen LogP contribution in [0.5, 0.6) is 0 Å². The number of carbonyl (C=O) groups excluding carboxylic acids is 1. The summed E-state index contributed by atoms with van der Waals surface area (Å²) < 4.78 is 5.16. The number of nitrogens with one attached hydrogen (secondary N) is 1. The van der Waals surface area contributed by atoms with E-state index in [1.165, 1.54) is 5.56 Å². The van der Waals surface area contributed by atoms with Crippen LogP contribution >= 0.6 is 11.6 Å². The molecule has 3 nitrogen and oxygen atoms in total. The van der Waals surface area contributed by atoms with Crippen molar-refractivity contribution >= 4 is 23.3 Å². The number of hydrogen-bond acceptors (Lipinski definition) is 3. The molecular formula is C18H20ClNO2. The van der Waals surface area contributed by atoms with E-state index < -0.39 is 0 Å². The largest absolute Gasteiger partial charge is 0.464 e. The number of aryl methyl sites for hydroxylation is 1. The predicted octanol–water partition coefficient (Wildman–Crippen LogP) is 4.32. The van der Waals surface area contributed by atoms with E-state index >= 15 is 0 Å². The summed E-state index contributed by atoms with van der Waals surface area (Å²) in [5.74, 6) is -0.228. The summed E-state index contributed by atoms with van der Waals surface area (Å²) in [4.78, 5) is 12.1. The van der Waals surface area contributed by atoms with E-state index in [1.54, 1.807) is 12.1 Å². The van der Waals surface area contributed by atoms with Gasteiger partial charge in [0.05, 0.1) is 6.61 Å². The maximum atomic E-state index is 12.1. The van der Waals surface area contributed by atoms with Gasteiger partial charge < -0.3 is 10.1 Å². The SMILES string of the molecule is CCOC(=O)C(CCc1ccccc1)Nc1ccc(Cl)cc1. The molecule has 0 saturated carbocycles. The van der Waals surface area contributed by atoms with Crippen molar-refractivity contribution in [2.75, 3.05) is 11.9 Å². The molecule has 0 radical (unpaired) electrons. The Hall–Kier alpha value is -2.00. The first-order valence-electron chi connectivity index (χ1n) is 7.41. The van der Waals surface area contributed by atoms with E-state index in [-0.39, 0.29) is 12.0 Å². The molecule has 0 saturated heterocycles. The lowest BCUT2D eigenvalue weighted by atomic mass is 10.0. The molecule has 0 heterocycles. The van der Waals surface area contributed by atoms with Crippen LogP contribution in [0.15, 0.2) is 54.6 Å². The average Bonchev–Trinajstić information content (AvgIpc) is 2.54. The normalized spacial score (nSPS) is 11.7. The second-order valence-electron chi connectivity index (χ2n) is 4.98. The van der Waals surface area contributed by atoms with E-state index in [0.29, 0.717) is 18.1 Å². The average molecular weight is 318 g/mol. The topological polar surface area (TPSA) is 38.3 Å². The third-order valence-electron chi connectivity index (χ3n) is 3.32. The summed E-state index contributed by atoms with van der Waals surface area (Å²) in [6, 6.07) is 17.0. The van der Waals surface area contributed by atoms with Crippen molar-refractivity contribution in [1.29, 1.82) is 0 Å². The molecular weight excluding hydrogens is 298 g/mol. The lowest BCUT2D eigenvalue weighted by Gasteiger charge is -2.18. The fourth-order valence-corrected chi connectivity index (χ4v) is 2.32. The number of carbonyl (C=O) groups is 1. The van der Waals surface area contributed by atoms with Gasteiger partial charge in [-0.15, -0.1) is 0 Å². The van der Waals surface area contributed by atoms with E-state index in [4.69, 9.17) is 16.3 Å². The van der Waals surface area contributed by atoms with Gasteiger partial charge >= 0.3 is 5.97 Å². The molecule has 0 aliphatic carbocycles. The number of benzene rings is 2. The highest BCUT2D eigenvalue weighted by atomic mass is 35.5. The summed E-state index contributed by atoms with van der Waals surface area (Å²) in [5.41, 5.74) is 2.06.